The van der Waals surface area contributed by atoms with Crippen molar-refractivity contribution in [3.63, 3.8) is 0 Å². The normalized spacial score (nSPS) is 14.2. The van der Waals surface area contributed by atoms with Gasteiger partial charge in [0.1, 0.15) is 5.69 Å². The summed E-state index contributed by atoms with van der Waals surface area (Å²) in [7, 11) is 0. The number of Topliss-reactive ketones (excluding diaryl/α,β-unsaturated/α-hetero) is 1. The van der Waals surface area contributed by atoms with Crippen LogP contribution in [0.1, 0.15) is 28.6 Å². The Morgan fingerprint density at radius 1 is 1.03 bits per heavy atom. The Kier molecular flexibility index (Phi) is 4.52. The monoisotopic (exact) mass is 439 g/mol. The summed E-state index contributed by atoms with van der Waals surface area (Å²) in [4.78, 5) is 21.6. The lowest BCUT2D eigenvalue weighted by atomic mass is 9.98. The van der Waals surface area contributed by atoms with E-state index in [0.29, 0.717) is 0 Å². The number of ketones is 1. The van der Waals surface area contributed by atoms with Gasteiger partial charge in [0.15, 0.2) is 5.78 Å². The van der Waals surface area contributed by atoms with Crippen molar-refractivity contribution in [1.82, 2.24) is 25.5 Å². The standard InChI is InChI=1S/C25H21N5OS/c1-14(31)22-4-5-23(32-22)25-18-13-21(28-19(18)8-11-27-25)24-17-12-16(2-3-20(17)29-30-24)15-6-9-26-10-7-15/h2-6,8,11-13,26,28H,7,9-10H2,1H3,(H,29,30). The maximum atomic E-state index is 11.7. The molecule has 0 saturated heterocycles. The first-order valence-electron chi connectivity index (χ1n) is 10.6. The lowest BCUT2D eigenvalue weighted by Crippen LogP contribution is -2.19. The Labute approximate surface area is 188 Å². The number of benzene rings is 1. The van der Waals surface area contributed by atoms with Gasteiger partial charge in [-0.25, -0.2) is 0 Å². The van der Waals surface area contributed by atoms with Crippen LogP contribution < -0.4 is 5.32 Å². The van der Waals surface area contributed by atoms with E-state index in [0.717, 1.165) is 68.2 Å². The SMILES string of the molecule is CC(=O)c1ccc(-c2nccc3[nH]c(-c4n[nH]c5ccc(C6=CCNCC6)cc45)cc23)s1. The van der Waals surface area contributed by atoms with E-state index < -0.39 is 0 Å². The number of nitrogens with zero attached hydrogens (tertiary/aromatic N) is 2. The number of aromatic amines is 2. The number of H-pyrrole nitrogens is 2. The molecule has 32 heavy (non-hydrogen) atoms. The molecule has 0 aliphatic carbocycles. The molecule has 5 heterocycles. The zero-order chi connectivity index (χ0) is 21.7. The first kappa shape index (κ1) is 19.2. The summed E-state index contributed by atoms with van der Waals surface area (Å²) in [6, 6.07) is 14.4. The minimum atomic E-state index is 0.0749. The summed E-state index contributed by atoms with van der Waals surface area (Å²) in [6.07, 6.45) is 5.10. The average Bonchev–Trinajstić information content (AvgIpc) is 3.56. The van der Waals surface area contributed by atoms with Crippen LogP contribution in [-0.4, -0.2) is 39.0 Å². The molecule has 1 aliphatic heterocycles. The van der Waals surface area contributed by atoms with Crippen LogP contribution in [0.4, 0.5) is 0 Å². The fourth-order valence-corrected chi connectivity index (χ4v) is 5.25. The van der Waals surface area contributed by atoms with Gasteiger partial charge >= 0.3 is 0 Å². The number of carbonyl (C=O) groups excluding carboxylic acids is 1. The first-order chi connectivity index (χ1) is 15.7. The van der Waals surface area contributed by atoms with Gasteiger partial charge < -0.3 is 10.3 Å². The van der Waals surface area contributed by atoms with E-state index in [9.17, 15) is 4.79 Å². The highest BCUT2D eigenvalue weighted by molar-refractivity contribution is 7.17. The number of aromatic nitrogens is 4. The van der Waals surface area contributed by atoms with Crippen molar-refractivity contribution in [2.24, 2.45) is 0 Å². The molecule has 1 aliphatic rings. The van der Waals surface area contributed by atoms with Crippen molar-refractivity contribution in [2.75, 3.05) is 13.1 Å². The molecule has 4 aromatic heterocycles. The lowest BCUT2D eigenvalue weighted by molar-refractivity contribution is 0.102. The molecule has 0 amide bonds. The summed E-state index contributed by atoms with van der Waals surface area (Å²) in [5.74, 6) is 0.0749. The molecule has 5 aromatic rings. The summed E-state index contributed by atoms with van der Waals surface area (Å²) in [5, 5.41) is 13.3. The van der Waals surface area contributed by atoms with Gasteiger partial charge in [-0.3, -0.25) is 14.9 Å². The number of thiophene rings is 1. The molecular formula is C25H21N5OS. The lowest BCUT2D eigenvalue weighted by Gasteiger charge is -2.14. The highest BCUT2D eigenvalue weighted by Gasteiger charge is 2.17. The van der Waals surface area contributed by atoms with E-state index in [4.69, 9.17) is 0 Å². The smallest absolute Gasteiger partial charge is 0.169 e. The molecule has 0 spiro atoms. The van der Waals surface area contributed by atoms with Crippen molar-refractivity contribution in [1.29, 1.82) is 0 Å². The maximum absolute atomic E-state index is 11.7. The molecule has 7 heteroatoms. The second kappa shape index (κ2) is 7.55. The van der Waals surface area contributed by atoms with Gasteiger partial charge in [-0.15, -0.1) is 11.3 Å². The fraction of sp³-hybridized carbons (Fsp3) is 0.160. The molecule has 6 rings (SSSR count). The van der Waals surface area contributed by atoms with Gasteiger partial charge in [-0.2, -0.15) is 5.10 Å². The molecule has 6 nitrogen and oxygen atoms in total. The van der Waals surface area contributed by atoms with Gasteiger partial charge in [0.25, 0.3) is 0 Å². The van der Waals surface area contributed by atoms with Crippen molar-refractivity contribution < 1.29 is 4.79 Å². The molecular weight excluding hydrogens is 418 g/mol. The molecule has 0 fully saturated rings. The summed E-state index contributed by atoms with van der Waals surface area (Å²) in [6.45, 7) is 3.51. The topological polar surface area (TPSA) is 86.5 Å². The quantitative estimate of drug-likeness (QED) is 0.327. The van der Waals surface area contributed by atoms with Crippen LogP contribution in [0.25, 0.3) is 49.3 Å². The zero-order valence-electron chi connectivity index (χ0n) is 17.5. The molecule has 0 bridgehead atoms. The van der Waals surface area contributed by atoms with Crippen molar-refractivity contribution in [3.05, 3.63) is 65.2 Å². The minimum Gasteiger partial charge on any atom is -0.353 e. The predicted molar refractivity (Wildman–Crippen MR) is 130 cm³/mol. The highest BCUT2D eigenvalue weighted by atomic mass is 32.1. The molecule has 0 unspecified atom stereocenters. The Balaban J connectivity index is 1.47. The van der Waals surface area contributed by atoms with Crippen LogP contribution in [0.15, 0.2) is 54.7 Å². The third-order valence-corrected chi connectivity index (χ3v) is 7.18. The average molecular weight is 440 g/mol. The van der Waals surface area contributed by atoms with Gasteiger partial charge in [-0.05, 0) is 67.4 Å². The molecule has 0 atom stereocenters. The second-order valence-electron chi connectivity index (χ2n) is 8.04. The van der Waals surface area contributed by atoms with E-state index in [-0.39, 0.29) is 5.78 Å². The van der Waals surface area contributed by atoms with Gasteiger partial charge in [-0.1, -0.05) is 12.1 Å². The Morgan fingerprint density at radius 3 is 2.75 bits per heavy atom. The largest absolute Gasteiger partial charge is 0.353 e. The number of carbonyl (C=O) groups is 1. The number of hydrogen-bond donors (Lipinski definition) is 3. The van der Waals surface area contributed by atoms with Gasteiger partial charge in [0.05, 0.1) is 26.7 Å². The van der Waals surface area contributed by atoms with Crippen LogP contribution in [-0.2, 0) is 0 Å². The molecule has 158 valence electrons. The number of fused-ring (bicyclic) bond motifs is 2. The minimum absolute atomic E-state index is 0.0749. The number of nitrogens with one attached hydrogen (secondary N) is 3. The molecule has 0 radical (unpaired) electrons. The summed E-state index contributed by atoms with van der Waals surface area (Å²) in [5.41, 5.74) is 7.35. The van der Waals surface area contributed by atoms with Gasteiger partial charge in [0.2, 0.25) is 0 Å². The first-order valence-corrected chi connectivity index (χ1v) is 11.5. The Hall–Kier alpha value is -3.55. The van der Waals surface area contributed by atoms with E-state index in [2.05, 4.69) is 55.8 Å². The second-order valence-corrected chi connectivity index (χ2v) is 9.12. The number of pyridine rings is 1. The third kappa shape index (κ3) is 3.18. The van der Waals surface area contributed by atoms with Crippen molar-refractivity contribution >= 4 is 44.5 Å². The third-order valence-electron chi connectivity index (χ3n) is 5.99. The molecule has 3 N–H and O–H groups in total. The summed E-state index contributed by atoms with van der Waals surface area (Å²) < 4.78 is 0. The van der Waals surface area contributed by atoms with Crippen molar-refractivity contribution in [3.8, 4) is 22.0 Å². The highest BCUT2D eigenvalue weighted by Crippen LogP contribution is 2.36. The van der Waals surface area contributed by atoms with Gasteiger partial charge in [0, 0.05) is 29.0 Å². The number of hydrogen-bond acceptors (Lipinski definition) is 5. The fourth-order valence-electron chi connectivity index (χ4n) is 4.34. The molecule has 1 aromatic carbocycles. The van der Waals surface area contributed by atoms with Crippen LogP contribution >= 0.6 is 11.3 Å². The predicted octanol–water partition coefficient (Wildman–Crippen LogP) is 5.41. The molecule has 0 saturated carbocycles. The van der Waals surface area contributed by atoms with Crippen LogP contribution in [0.3, 0.4) is 0 Å². The summed E-state index contributed by atoms with van der Waals surface area (Å²) >= 11 is 1.48. The maximum Gasteiger partial charge on any atom is 0.169 e. The zero-order valence-corrected chi connectivity index (χ0v) is 18.3. The number of rotatable bonds is 4. The van der Waals surface area contributed by atoms with Crippen molar-refractivity contribution in [2.45, 2.75) is 13.3 Å². The Bertz CT molecular complexity index is 1520. The van der Waals surface area contributed by atoms with E-state index >= 15 is 0 Å². The Morgan fingerprint density at radius 2 is 1.94 bits per heavy atom. The van der Waals surface area contributed by atoms with Crippen LogP contribution in [0.2, 0.25) is 0 Å². The van der Waals surface area contributed by atoms with Crippen LogP contribution in [0.5, 0.6) is 0 Å². The van der Waals surface area contributed by atoms with E-state index in [1.165, 1.54) is 22.5 Å². The van der Waals surface area contributed by atoms with Crippen LogP contribution in [0, 0.1) is 0 Å². The van der Waals surface area contributed by atoms with E-state index in [1.54, 1.807) is 13.1 Å². The van der Waals surface area contributed by atoms with E-state index in [1.807, 2.05) is 18.2 Å².